The largest absolute Gasteiger partial charge is 0.469 e. The van der Waals surface area contributed by atoms with Gasteiger partial charge >= 0.3 is 0 Å². The van der Waals surface area contributed by atoms with Crippen LogP contribution in [0.25, 0.3) is 0 Å². The van der Waals surface area contributed by atoms with Gasteiger partial charge in [0.2, 0.25) is 10.0 Å². The van der Waals surface area contributed by atoms with Crippen molar-refractivity contribution in [3.8, 4) is 0 Å². The third-order valence-electron chi connectivity index (χ3n) is 2.64. The number of rotatable bonds is 7. The summed E-state index contributed by atoms with van der Waals surface area (Å²) in [5.41, 5.74) is 5.35. The summed E-state index contributed by atoms with van der Waals surface area (Å²) in [4.78, 5) is -0.0271. The molecule has 0 radical (unpaired) electrons. The van der Waals surface area contributed by atoms with Crippen LogP contribution in [0.3, 0.4) is 0 Å². The van der Waals surface area contributed by atoms with Gasteiger partial charge in [-0.15, -0.1) is 0 Å². The quantitative estimate of drug-likeness (QED) is 0.737. The summed E-state index contributed by atoms with van der Waals surface area (Å²) in [7, 11) is -3.50. The molecular weight excluding hydrogens is 272 g/mol. The highest BCUT2D eigenvalue weighted by Gasteiger charge is 2.24. The summed E-state index contributed by atoms with van der Waals surface area (Å²) in [6.45, 7) is 3.27. The van der Waals surface area contributed by atoms with E-state index < -0.39 is 15.3 Å². The molecule has 18 heavy (non-hydrogen) atoms. The van der Waals surface area contributed by atoms with Crippen LogP contribution in [0.15, 0.2) is 22.8 Å². The molecule has 0 saturated carbocycles. The molecule has 0 fully saturated rings. The molecule has 0 spiro atoms. The molecular formula is C11H18N2O3S2. The number of furan rings is 1. The Hall–Kier alpha value is -0.920. The Kier molecular flexibility index (Phi) is 5.30. The molecule has 102 valence electrons. The smallest absolute Gasteiger partial charge is 0.220 e. The third kappa shape index (κ3) is 4.40. The van der Waals surface area contributed by atoms with Crippen molar-refractivity contribution >= 4 is 27.2 Å². The molecule has 3 N–H and O–H groups in total. The predicted molar refractivity (Wildman–Crippen MR) is 74.8 cm³/mol. The number of hydrogen-bond donors (Lipinski definition) is 2. The minimum atomic E-state index is -3.50. The van der Waals surface area contributed by atoms with Crippen LogP contribution in [0.4, 0.5) is 0 Å². The minimum absolute atomic E-state index is 0.0271. The highest BCUT2D eigenvalue weighted by molar-refractivity contribution is 7.93. The summed E-state index contributed by atoms with van der Waals surface area (Å²) in [5.74, 6) is 0.837. The van der Waals surface area contributed by atoms with E-state index in [-0.39, 0.29) is 11.0 Å². The first kappa shape index (κ1) is 15.1. The van der Waals surface area contributed by atoms with E-state index in [4.69, 9.17) is 22.4 Å². The van der Waals surface area contributed by atoms with Gasteiger partial charge < -0.3 is 10.2 Å². The molecule has 0 aliphatic rings. The SMILES string of the molecule is CC(CCc1ccco1)NS(=O)(=O)C(C)C(N)=S. The topological polar surface area (TPSA) is 85.3 Å². The van der Waals surface area contributed by atoms with Gasteiger partial charge in [0.05, 0.1) is 11.3 Å². The summed E-state index contributed by atoms with van der Waals surface area (Å²) < 4.78 is 31.4. The normalized spacial score (nSPS) is 15.2. The summed E-state index contributed by atoms with van der Waals surface area (Å²) >= 11 is 4.69. The average molecular weight is 290 g/mol. The second-order valence-electron chi connectivity index (χ2n) is 4.23. The van der Waals surface area contributed by atoms with Gasteiger partial charge in [0.1, 0.15) is 11.0 Å². The van der Waals surface area contributed by atoms with Crippen LogP contribution >= 0.6 is 12.2 Å². The van der Waals surface area contributed by atoms with Crippen molar-refractivity contribution in [1.29, 1.82) is 0 Å². The summed E-state index contributed by atoms with van der Waals surface area (Å²) in [6.07, 6.45) is 2.92. The molecule has 0 bridgehead atoms. The molecule has 5 nitrogen and oxygen atoms in total. The second kappa shape index (κ2) is 6.31. The Morgan fingerprint density at radius 1 is 1.56 bits per heavy atom. The first-order chi connectivity index (χ1) is 8.33. The van der Waals surface area contributed by atoms with E-state index in [0.29, 0.717) is 12.8 Å². The van der Waals surface area contributed by atoms with Crippen molar-refractivity contribution in [2.75, 3.05) is 0 Å². The Bertz CT molecular complexity index is 482. The fourth-order valence-corrected chi connectivity index (χ4v) is 2.98. The number of thiocarbonyl (C=S) groups is 1. The lowest BCUT2D eigenvalue weighted by molar-refractivity contribution is 0.479. The maximum absolute atomic E-state index is 11.8. The van der Waals surface area contributed by atoms with Crippen LogP contribution in [-0.2, 0) is 16.4 Å². The highest BCUT2D eigenvalue weighted by atomic mass is 32.2. The monoisotopic (exact) mass is 290 g/mol. The number of aryl methyl sites for hydroxylation is 1. The van der Waals surface area contributed by atoms with E-state index in [2.05, 4.69) is 4.72 Å². The molecule has 1 rings (SSSR count). The Morgan fingerprint density at radius 3 is 2.72 bits per heavy atom. The van der Waals surface area contributed by atoms with Crippen LogP contribution in [0.2, 0.25) is 0 Å². The molecule has 0 aliphatic carbocycles. The molecule has 1 heterocycles. The van der Waals surface area contributed by atoms with Crippen LogP contribution in [0.1, 0.15) is 26.0 Å². The van der Waals surface area contributed by atoms with E-state index in [9.17, 15) is 8.42 Å². The van der Waals surface area contributed by atoms with Crippen molar-refractivity contribution in [1.82, 2.24) is 4.72 Å². The molecule has 2 atom stereocenters. The molecule has 0 aliphatic heterocycles. The molecule has 2 unspecified atom stereocenters. The standard InChI is InChI=1S/C11H18N2O3S2/c1-8(5-6-10-4-3-7-16-10)13-18(14,15)9(2)11(12)17/h3-4,7-9,13H,5-6H2,1-2H3,(H2,12,17). The van der Waals surface area contributed by atoms with Crippen molar-refractivity contribution < 1.29 is 12.8 Å². The van der Waals surface area contributed by atoms with Crippen molar-refractivity contribution in [2.24, 2.45) is 5.73 Å². The van der Waals surface area contributed by atoms with E-state index in [1.807, 2.05) is 6.07 Å². The Balaban J connectivity index is 2.49. The minimum Gasteiger partial charge on any atom is -0.469 e. The van der Waals surface area contributed by atoms with Gasteiger partial charge in [-0.2, -0.15) is 0 Å². The van der Waals surface area contributed by atoms with Gasteiger partial charge in [0.25, 0.3) is 0 Å². The molecule has 7 heteroatoms. The summed E-state index contributed by atoms with van der Waals surface area (Å²) in [5, 5.41) is -0.862. The highest BCUT2D eigenvalue weighted by Crippen LogP contribution is 2.08. The molecule has 0 amide bonds. The number of sulfonamides is 1. The van der Waals surface area contributed by atoms with Gasteiger partial charge in [-0.05, 0) is 32.4 Å². The zero-order valence-corrected chi connectivity index (χ0v) is 12.1. The first-order valence-electron chi connectivity index (χ1n) is 5.65. The predicted octanol–water partition coefficient (Wildman–Crippen LogP) is 1.19. The van der Waals surface area contributed by atoms with Crippen molar-refractivity contribution in [3.63, 3.8) is 0 Å². The van der Waals surface area contributed by atoms with Gasteiger partial charge in [-0.1, -0.05) is 12.2 Å². The van der Waals surface area contributed by atoms with Gasteiger partial charge in [0.15, 0.2) is 0 Å². The zero-order chi connectivity index (χ0) is 13.8. The fraction of sp³-hybridized carbons (Fsp3) is 0.545. The third-order valence-corrected chi connectivity index (χ3v) is 5.05. The summed E-state index contributed by atoms with van der Waals surface area (Å²) in [6, 6.07) is 3.47. The van der Waals surface area contributed by atoms with E-state index in [1.165, 1.54) is 6.92 Å². The lowest BCUT2D eigenvalue weighted by Gasteiger charge is -2.17. The van der Waals surface area contributed by atoms with Crippen LogP contribution < -0.4 is 10.5 Å². The maximum Gasteiger partial charge on any atom is 0.220 e. The van der Waals surface area contributed by atoms with Gasteiger partial charge in [-0.25, -0.2) is 13.1 Å². The van der Waals surface area contributed by atoms with E-state index in [0.717, 1.165) is 5.76 Å². The molecule has 0 aromatic carbocycles. The van der Waals surface area contributed by atoms with Crippen LogP contribution in [0.5, 0.6) is 0 Å². The number of hydrogen-bond acceptors (Lipinski definition) is 4. The second-order valence-corrected chi connectivity index (χ2v) is 6.73. The molecule has 1 aromatic heterocycles. The van der Waals surface area contributed by atoms with E-state index >= 15 is 0 Å². The molecule has 1 aromatic rings. The van der Waals surface area contributed by atoms with Crippen molar-refractivity contribution in [3.05, 3.63) is 24.2 Å². The van der Waals surface area contributed by atoms with Gasteiger partial charge in [0, 0.05) is 12.5 Å². The fourth-order valence-electron chi connectivity index (χ4n) is 1.41. The molecule has 0 saturated heterocycles. The zero-order valence-electron chi connectivity index (χ0n) is 10.4. The number of nitrogens with one attached hydrogen (secondary N) is 1. The number of nitrogens with two attached hydrogens (primary N) is 1. The lowest BCUT2D eigenvalue weighted by Crippen LogP contribution is -2.43. The first-order valence-corrected chi connectivity index (χ1v) is 7.61. The van der Waals surface area contributed by atoms with Gasteiger partial charge in [-0.3, -0.25) is 0 Å². The van der Waals surface area contributed by atoms with E-state index in [1.54, 1.807) is 19.3 Å². The Labute approximate surface area is 113 Å². The Morgan fingerprint density at radius 2 is 2.22 bits per heavy atom. The van der Waals surface area contributed by atoms with Crippen LogP contribution in [0, 0.1) is 0 Å². The maximum atomic E-state index is 11.8. The lowest BCUT2D eigenvalue weighted by atomic mass is 10.2. The van der Waals surface area contributed by atoms with Crippen LogP contribution in [-0.4, -0.2) is 24.7 Å². The average Bonchev–Trinajstić information content (AvgIpc) is 2.77. The van der Waals surface area contributed by atoms with Crippen molar-refractivity contribution in [2.45, 2.75) is 38.0 Å².